The summed E-state index contributed by atoms with van der Waals surface area (Å²) in [6.07, 6.45) is 0.425. The molecule has 0 fully saturated rings. The van der Waals surface area contributed by atoms with Gasteiger partial charge in [0.1, 0.15) is 5.60 Å². The number of anilines is 1. The first-order valence-corrected chi connectivity index (χ1v) is 5.84. The van der Waals surface area contributed by atoms with Crippen LogP contribution in [-0.2, 0) is 9.53 Å². The van der Waals surface area contributed by atoms with Gasteiger partial charge >= 0.3 is 6.09 Å². The number of carbonyl (C=O) groups excluding carboxylic acids is 2. The van der Waals surface area contributed by atoms with Crippen molar-refractivity contribution in [3.05, 3.63) is 43.0 Å². The Balaban J connectivity index is 2.96. The third-order valence-corrected chi connectivity index (χ3v) is 2.00. The van der Waals surface area contributed by atoms with Gasteiger partial charge in [-0.3, -0.25) is 10.2 Å². The molecule has 1 rings (SSSR count). The van der Waals surface area contributed by atoms with Crippen molar-refractivity contribution in [1.29, 1.82) is 0 Å². The van der Waals surface area contributed by atoms with Gasteiger partial charge in [-0.05, 0) is 39.0 Å². The number of ether oxygens (including phenoxy) is 1. The van der Waals surface area contributed by atoms with E-state index in [1.807, 2.05) is 6.07 Å². The number of benzene rings is 1. The molecule has 102 valence electrons. The summed E-state index contributed by atoms with van der Waals surface area (Å²) in [5, 5.41) is 1.05. The van der Waals surface area contributed by atoms with Crippen molar-refractivity contribution < 1.29 is 14.3 Å². The van der Waals surface area contributed by atoms with E-state index in [0.717, 1.165) is 11.1 Å². The van der Waals surface area contributed by atoms with Gasteiger partial charge in [-0.1, -0.05) is 24.8 Å². The Morgan fingerprint density at radius 2 is 1.84 bits per heavy atom. The molecule has 0 radical (unpaired) electrons. The molecule has 1 aromatic carbocycles. The number of hydrazine groups is 1. The van der Waals surface area contributed by atoms with Gasteiger partial charge < -0.3 is 4.74 Å². The Kier molecular flexibility index (Phi) is 4.69. The topological polar surface area (TPSA) is 58.6 Å². The summed E-state index contributed by atoms with van der Waals surface area (Å²) >= 11 is 0. The molecule has 1 aromatic rings. The maximum Gasteiger partial charge on any atom is 0.434 e. The summed E-state index contributed by atoms with van der Waals surface area (Å²) in [5.74, 6) is -0.491. The number of hydrogen-bond donors (Lipinski definition) is 1. The van der Waals surface area contributed by atoms with Gasteiger partial charge in [-0.25, -0.2) is 4.79 Å². The number of hydrogen-bond acceptors (Lipinski definition) is 3. The Hall–Kier alpha value is -2.30. The third-order valence-electron chi connectivity index (χ3n) is 2.00. The molecule has 0 spiro atoms. The maximum absolute atomic E-state index is 12.1. The van der Waals surface area contributed by atoms with E-state index in [1.165, 1.54) is 0 Å². The zero-order valence-electron chi connectivity index (χ0n) is 11.3. The van der Waals surface area contributed by atoms with Gasteiger partial charge in [0.2, 0.25) is 0 Å². The summed E-state index contributed by atoms with van der Waals surface area (Å²) in [5.41, 5.74) is 2.26. The second-order valence-corrected chi connectivity index (χ2v) is 4.83. The Labute approximate surface area is 112 Å². The van der Waals surface area contributed by atoms with Crippen LogP contribution < -0.4 is 10.4 Å². The Morgan fingerprint density at radius 1 is 1.26 bits per heavy atom. The number of amides is 2. The van der Waals surface area contributed by atoms with Crippen molar-refractivity contribution in [3.63, 3.8) is 0 Å². The lowest BCUT2D eigenvalue weighted by Crippen LogP contribution is -2.48. The minimum atomic E-state index is -0.658. The van der Waals surface area contributed by atoms with E-state index in [4.69, 9.17) is 4.74 Å². The number of nitrogens with one attached hydrogen (secondary N) is 1. The van der Waals surface area contributed by atoms with E-state index in [2.05, 4.69) is 12.0 Å². The Morgan fingerprint density at radius 3 is 2.32 bits per heavy atom. The second-order valence-electron chi connectivity index (χ2n) is 4.83. The SMILES string of the molecule is C=CC(=O)NN(C(=O)OC(C)(C)C)c1ccccc1. The predicted octanol–water partition coefficient (Wildman–Crippen LogP) is 2.65. The first kappa shape index (κ1) is 14.8. The molecule has 0 saturated heterocycles. The van der Waals surface area contributed by atoms with Crippen LogP contribution in [-0.4, -0.2) is 17.6 Å². The number of rotatable bonds is 2. The number of para-hydroxylation sites is 1. The Bertz CT molecular complexity index is 463. The molecule has 0 unspecified atom stereocenters. The molecule has 19 heavy (non-hydrogen) atoms. The van der Waals surface area contributed by atoms with E-state index in [0.29, 0.717) is 5.69 Å². The van der Waals surface area contributed by atoms with Crippen LogP contribution in [0.4, 0.5) is 10.5 Å². The van der Waals surface area contributed by atoms with Crippen LogP contribution >= 0.6 is 0 Å². The summed E-state index contributed by atoms with van der Waals surface area (Å²) in [4.78, 5) is 23.5. The summed E-state index contributed by atoms with van der Waals surface area (Å²) < 4.78 is 5.24. The van der Waals surface area contributed by atoms with Crippen LogP contribution in [0.1, 0.15) is 20.8 Å². The molecule has 0 saturated carbocycles. The highest BCUT2D eigenvalue weighted by molar-refractivity contribution is 5.95. The van der Waals surface area contributed by atoms with Crippen LogP contribution in [0.2, 0.25) is 0 Å². The summed E-state index contributed by atoms with van der Waals surface area (Å²) in [6.45, 7) is 8.61. The fourth-order valence-electron chi connectivity index (χ4n) is 1.26. The first-order valence-electron chi connectivity index (χ1n) is 5.84. The van der Waals surface area contributed by atoms with Crippen LogP contribution in [0.5, 0.6) is 0 Å². The molecule has 0 bridgehead atoms. The van der Waals surface area contributed by atoms with Crippen molar-refractivity contribution in [2.75, 3.05) is 5.01 Å². The van der Waals surface area contributed by atoms with Gasteiger partial charge in [0.05, 0.1) is 5.69 Å². The standard InChI is InChI=1S/C14H18N2O3/c1-5-12(17)15-16(11-9-7-6-8-10-11)13(18)19-14(2,3)4/h5-10H,1H2,2-4H3,(H,15,17). The zero-order chi connectivity index (χ0) is 14.5. The van der Waals surface area contributed by atoms with E-state index < -0.39 is 17.6 Å². The number of carbonyl (C=O) groups is 2. The van der Waals surface area contributed by atoms with Gasteiger partial charge in [-0.2, -0.15) is 5.01 Å². The van der Waals surface area contributed by atoms with Crippen molar-refractivity contribution in [1.82, 2.24) is 5.43 Å². The van der Waals surface area contributed by atoms with Crippen LogP contribution in [0.3, 0.4) is 0 Å². The lowest BCUT2D eigenvalue weighted by molar-refractivity contribution is -0.116. The minimum Gasteiger partial charge on any atom is -0.442 e. The van der Waals surface area contributed by atoms with Gasteiger partial charge in [0.25, 0.3) is 5.91 Å². The van der Waals surface area contributed by atoms with E-state index >= 15 is 0 Å². The van der Waals surface area contributed by atoms with Crippen LogP contribution in [0, 0.1) is 0 Å². The fourth-order valence-corrected chi connectivity index (χ4v) is 1.26. The maximum atomic E-state index is 12.1. The van der Waals surface area contributed by atoms with Gasteiger partial charge in [0.15, 0.2) is 0 Å². The average Bonchev–Trinajstić information content (AvgIpc) is 2.34. The number of nitrogens with zero attached hydrogens (tertiary/aromatic N) is 1. The van der Waals surface area contributed by atoms with Crippen LogP contribution in [0.15, 0.2) is 43.0 Å². The smallest absolute Gasteiger partial charge is 0.434 e. The van der Waals surface area contributed by atoms with Crippen molar-refractivity contribution in [2.24, 2.45) is 0 Å². The first-order chi connectivity index (χ1) is 8.83. The zero-order valence-corrected chi connectivity index (χ0v) is 11.3. The van der Waals surface area contributed by atoms with Gasteiger partial charge in [-0.15, -0.1) is 0 Å². The molecular weight excluding hydrogens is 244 g/mol. The highest BCUT2D eigenvalue weighted by Crippen LogP contribution is 2.16. The quantitative estimate of drug-likeness (QED) is 0.658. The molecule has 0 aromatic heterocycles. The molecular formula is C14H18N2O3. The molecule has 0 heterocycles. The molecule has 0 aliphatic rings. The average molecular weight is 262 g/mol. The minimum absolute atomic E-state index is 0.491. The highest BCUT2D eigenvalue weighted by Gasteiger charge is 2.24. The van der Waals surface area contributed by atoms with Crippen molar-refractivity contribution in [2.45, 2.75) is 26.4 Å². The molecule has 1 N–H and O–H groups in total. The fraction of sp³-hybridized carbons (Fsp3) is 0.286. The van der Waals surface area contributed by atoms with E-state index in [9.17, 15) is 9.59 Å². The molecule has 0 atom stereocenters. The predicted molar refractivity (Wildman–Crippen MR) is 73.5 cm³/mol. The summed E-state index contributed by atoms with van der Waals surface area (Å²) in [6, 6.07) is 8.70. The summed E-state index contributed by atoms with van der Waals surface area (Å²) in [7, 11) is 0. The van der Waals surface area contributed by atoms with E-state index in [-0.39, 0.29) is 0 Å². The lowest BCUT2D eigenvalue weighted by atomic mass is 10.2. The largest absolute Gasteiger partial charge is 0.442 e. The molecule has 0 aliphatic heterocycles. The second kappa shape index (κ2) is 6.04. The molecule has 5 nitrogen and oxygen atoms in total. The molecule has 0 aliphatic carbocycles. The van der Waals surface area contributed by atoms with Crippen molar-refractivity contribution in [3.8, 4) is 0 Å². The molecule has 2 amide bonds. The normalized spacial score (nSPS) is 10.5. The molecule has 5 heteroatoms. The highest BCUT2D eigenvalue weighted by atomic mass is 16.6. The monoisotopic (exact) mass is 262 g/mol. The van der Waals surface area contributed by atoms with E-state index in [1.54, 1.807) is 45.0 Å². The third kappa shape index (κ3) is 4.83. The van der Waals surface area contributed by atoms with Gasteiger partial charge in [0, 0.05) is 0 Å². The van der Waals surface area contributed by atoms with Crippen LogP contribution in [0.25, 0.3) is 0 Å². The lowest BCUT2D eigenvalue weighted by Gasteiger charge is -2.27. The van der Waals surface area contributed by atoms with Crippen molar-refractivity contribution >= 4 is 17.7 Å².